The summed E-state index contributed by atoms with van der Waals surface area (Å²) in [5, 5.41) is 9.78. The Balaban J connectivity index is 1.94. The highest BCUT2D eigenvalue weighted by Gasteiger charge is 2.28. The fraction of sp³-hybridized carbons (Fsp3) is 0.583. The number of hydrogen-bond donors (Lipinski definition) is 1. The number of aromatic nitrogens is 1. The Labute approximate surface area is 90.8 Å². The molecule has 0 amide bonds. The van der Waals surface area contributed by atoms with Gasteiger partial charge in [-0.3, -0.25) is 9.88 Å². The number of aliphatic hydroxyl groups excluding tert-OH is 1. The number of likely N-dealkylation sites (N-methyl/N-ethyl adjacent to an activating group) is 1. The predicted molar refractivity (Wildman–Crippen MR) is 59.3 cm³/mol. The largest absolute Gasteiger partial charge is 0.391 e. The van der Waals surface area contributed by atoms with Crippen LogP contribution in [0.2, 0.25) is 0 Å². The van der Waals surface area contributed by atoms with Crippen LogP contribution in [-0.4, -0.2) is 34.2 Å². The molecule has 3 nitrogen and oxygen atoms in total. The smallest absolute Gasteiger partial charge is 0.0695 e. The fourth-order valence-corrected chi connectivity index (χ4v) is 2.33. The van der Waals surface area contributed by atoms with Gasteiger partial charge in [-0.25, -0.2) is 0 Å². The standard InChI is InChI=1S/C12H18N2O/c1-14(11-3-2-4-12(11)15)9-10-5-7-13-8-6-10/h5-8,11-12,15H,2-4,9H2,1H3/t11-,12-/m1/s1. The van der Waals surface area contributed by atoms with Crippen molar-refractivity contribution in [3.05, 3.63) is 30.1 Å². The molecule has 0 unspecified atom stereocenters. The van der Waals surface area contributed by atoms with E-state index in [9.17, 15) is 5.11 Å². The van der Waals surface area contributed by atoms with Gasteiger partial charge in [0, 0.05) is 25.0 Å². The van der Waals surface area contributed by atoms with Crippen molar-refractivity contribution in [3.63, 3.8) is 0 Å². The highest BCUT2D eigenvalue weighted by atomic mass is 16.3. The molecule has 0 bridgehead atoms. The van der Waals surface area contributed by atoms with E-state index in [1.165, 1.54) is 5.56 Å². The quantitative estimate of drug-likeness (QED) is 0.812. The van der Waals surface area contributed by atoms with Crippen LogP contribution in [0.4, 0.5) is 0 Å². The first kappa shape index (κ1) is 10.6. The van der Waals surface area contributed by atoms with Crippen LogP contribution < -0.4 is 0 Å². The first-order valence-electron chi connectivity index (χ1n) is 5.54. The molecule has 3 heteroatoms. The molecule has 0 spiro atoms. The number of nitrogens with zero attached hydrogens (tertiary/aromatic N) is 2. The lowest BCUT2D eigenvalue weighted by Crippen LogP contribution is -2.36. The van der Waals surface area contributed by atoms with Crippen LogP contribution in [0.15, 0.2) is 24.5 Å². The zero-order chi connectivity index (χ0) is 10.7. The van der Waals surface area contributed by atoms with Crippen LogP contribution >= 0.6 is 0 Å². The molecule has 1 fully saturated rings. The van der Waals surface area contributed by atoms with Crippen LogP contribution in [-0.2, 0) is 6.54 Å². The highest BCUT2D eigenvalue weighted by Crippen LogP contribution is 2.24. The molecule has 1 N–H and O–H groups in total. The van der Waals surface area contributed by atoms with Gasteiger partial charge < -0.3 is 5.11 Å². The molecular weight excluding hydrogens is 188 g/mol. The van der Waals surface area contributed by atoms with Gasteiger partial charge in [-0.05, 0) is 44.0 Å². The first-order chi connectivity index (χ1) is 7.27. The average Bonchev–Trinajstić information content (AvgIpc) is 2.66. The highest BCUT2D eigenvalue weighted by molar-refractivity contribution is 5.09. The predicted octanol–water partition coefficient (Wildman–Crippen LogP) is 1.43. The van der Waals surface area contributed by atoms with Crippen molar-refractivity contribution in [2.24, 2.45) is 0 Å². The van der Waals surface area contributed by atoms with Crippen molar-refractivity contribution in [2.75, 3.05) is 7.05 Å². The van der Waals surface area contributed by atoms with E-state index in [2.05, 4.69) is 16.9 Å². The molecule has 1 aromatic heterocycles. The topological polar surface area (TPSA) is 36.4 Å². The molecule has 2 atom stereocenters. The van der Waals surface area contributed by atoms with E-state index in [4.69, 9.17) is 0 Å². The van der Waals surface area contributed by atoms with E-state index >= 15 is 0 Å². The van der Waals surface area contributed by atoms with Gasteiger partial charge in [0.05, 0.1) is 6.10 Å². The SMILES string of the molecule is CN(Cc1ccncc1)[C@@H]1CCC[C@H]1O. The molecule has 2 rings (SSSR count). The summed E-state index contributed by atoms with van der Waals surface area (Å²) in [6, 6.07) is 4.38. The molecule has 1 aliphatic carbocycles. The van der Waals surface area contributed by atoms with E-state index < -0.39 is 0 Å². The third kappa shape index (κ3) is 2.55. The number of rotatable bonds is 3. The third-order valence-electron chi connectivity index (χ3n) is 3.19. The van der Waals surface area contributed by atoms with E-state index in [1.807, 2.05) is 24.5 Å². The molecule has 0 aliphatic heterocycles. The summed E-state index contributed by atoms with van der Waals surface area (Å²) in [5.74, 6) is 0. The minimum Gasteiger partial charge on any atom is -0.391 e. The van der Waals surface area contributed by atoms with Crippen molar-refractivity contribution in [3.8, 4) is 0 Å². The fourth-order valence-electron chi connectivity index (χ4n) is 2.33. The maximum absolute atomic E-state index is 9.78. The van der Waals surface area contributed by atoms with Crippen molar-refractivity contribution in [1.29, 1.82) is 0 Å². The van der Waals surface area contributed by atoms with Crippen molar-refractivity contribution in [1.82, 2.24) is 9.88 Å². The molecule has 1 heterocycles. The molecule has 0 aromatic carbocycles. The molecule has 1 aliphatic rings. The molecule has 0 radical (unpaired) electrons. The summed E-state index contributed by atoms with van der Waals surface area (Å²) in [6.45, 7) is 0.893. The van der Waals surface area contributed by atoms with Crippen LogP contribution in [0.1, 0.15) is 24.8 Å². The minimum atomic E-state index is -0.142. The Bertz CT molecular complexity index is 302. The van der Waals surface area contributed by atoms with Gasteiger partial charge in [-0.1, -0.05) is 0 Å². The zero-order valence-electron chi connectivity index (χ0n) is 9.13. The van der Waals surface area contributed by atoms with Crippen LogP contribution in [0, 0.1) is 0 Å². The van der Waals surface area contributed by atoms with Gasteiger partial charge in [0.1, 0.15) is 0 Å². The van der Waals surface area contributed by atoms with Crippen LogP contribution in [0.25, 0.3) is 0 Å². The summed E-state index contributed by atoms with van der Waals surface area (Å²) < 4.78 is 0. The van der Waals surface area contributed by atoms with Gasteiger partial charge >= 0.3 is 0 Å². The monoisotopic (exact) mass is 206 g/mol. The zero-order valence-corrected chi connectivity index (χ0v) is 9.13. The van der Waals surface area contributed by atoms with Crippen LogP contribution in [0.5, 0.6) is 0 Å². The van der Waals surface area contributed by atoms with Gasteiger partial charge in [0.25, 0.3) is 0 Å². The Morgan fingerprint density at radius 1 is 1.40 bits per heavy atom. The lowest BCUT2D eigenvalue weighted by atomic mass is 10.1. The Morgan fingerprint density at radius 3 is 2.73 bits per heavy atom. The van der Waals surface area contributed by atoms with Gasteiger partial charge in [-0.2, -0.15) is 0 Å². The number of aliphatic hydroxyl groups is 1. The Kier molecular flexibility index (Phi) is 3.34. The lowest BCUT2D eigenvalue weighted by Gasteiger charge is -2.26. The van der Waals surface area contributed by atoms with E-state index in [0.29, 0.717) is 6.04 Å². The van der Waals surface area contributed by atoms with E-state index in [0.717, 1.165) is 25.8 Å². The van der Waals surface area contributed by atoms with Crippen molar-refractivity contribution >= 4 is 0 Å². The molecule has 1 saturated carbocycles. The van der Waals surface area contributed by atoms with E-state index in [-0.39, 0.29) is 6.10 Å². The van der Waals surface area contributed by atoms with Gasteiger partial charge in [0.15, 0.2) is 0 Å². The van der Waals surface area contributed by atoms with Gasteiger partial charge in [-0.15, -0.1) is 0 Å². The summed E-state index contributed by atoms with van der Waals surface area (Å²) in [6.07, 6.45) is 6.69. The lowest BCUT2D eigenvalue weighted by molar-refractivity contribution is 0.0825. The first-order valence-corrected chi connectivity index (χ1v) is 5.54. The average molecular weight is 206 g/mol. The number of hydrogen-bond acceptors (Lipinski definition) is 3. The third-order valence-corrected chi connectivity index (χ3v) is 3.19. The van der Waals surface area contributed by atoms with Crippen LogP contribution in [0.3, 0.4) is 0 Å². The second-order valence-corrected chi connectivity index (χ2v) is 4.34. The summed E-state index contributed by atoms with van der Waals surface area (Å²) in [4.78, 5) is 6.24. The maximum atomic E-state index is 9.78. The van der Waals surface area contributed by atoms with E-state index in [1.54, 1.807) is 0 Å². The Morgan fingerprint density at radius 2 is 2.13 bits per heavy atom. The van der Waals surface area contributed by atoms with Gasteiger partial charge in [0.2, 0.25) is 0 Å². The number of pyridine rings is 1. The second kappa shape index (κ2) is 4.73. The van der Waals surface area contributed by atoms with Crippen molar-refractivity contribution < 1.29 is 5.11 Å². The minimum absolute atomic E-state index is 0.142. The summed E-state index contributed by atoms with van der Waals surface area (Å²) in [5.41, 5.74) is 1.26. The second-order valence-electron chi connectivity index (χ2n) is 4.34. The Hall–Kier alpha value is -0.930. The molecule has 1 aromatic rings. The summed E-state index contributed by atoms with van der Waals surface area (Å²) >= 11 is 0. The molecule has 82 valence electrons. The normalized spacial score (nSPS) is 26.1. The maximum Gasteiger partial charge on any atom is 0.0695 e. The molecular formula is C12H18N2O. The molecule has 0 saturated heterocycles. The van der Waals surface area contributed by atoms with Crippen molar-refractivity contribution in [2.45, 2.75) is 38.0 Å². The molecule has 15 heavy (non-hydrogen) atoms. The summed E-state index contributed by atoms with van der Waals surface area (Å²) in [7, 11) is 2.08.